The van der Waals surface area contributed by atoms with Gasteiger partial charge in [0.2, 0.25) is 0 Å². The van der Waals surface area contributed by atoms with E-state index in [4.69, 9.17) is 11.5 Å². The van der Waals surface area contributed by atoms with Crippen molar-refractivity contribution in [2.75, 3.05) is 13.1 Å². The molecule has 6 heteroatoms. The van der Waals surface area contributed by atoms with Gasteiger partial charge in [0, 0.05) is 0 Å². The van der Waals surface area contributed by atoms with Crippen LogP contribution in [0.1, 0.15) is 0 Å². The van der Waals surface area contributed by atoms with Gasteiger partial charge in [0.25, 0.3) is 0 Å². The van der Waals surface area contributed by atoms with Gasteiger partial charge < -0.3 is 0 Å². The molecule has 4 N–H and O–H groups in total. The number of hydrogen-bond acceptors (Lipinski definition) is 2. The van der Waals surface area contributed by atoms with Crippen LogP contribution in [0.5, 0.6) is 0 Å². The van der Waals surface area contributed by atoms with E-state index in [9.17, 15) is 0 Å². The Morgan fingerprint density at radius 3 is 2.00 bits per heavy atom. The predicted octanol–water partition coefficient (Wildman–Crippen LogP) is -0.416. The Hall–Kier alpha value is 0.909. The van der Waals surface area contributed by atoms with Crippen LogP contribution in [0.2, 0.25) is 0 Å². The second-order valence-corrected chi connectivity index (χ2v) is 1.89. The fraction of sp³-hybridized carbons (Fsp3) is 0.667. The predicted molar refractivity (Wildman–Crippen MR) is 51.9 cm³/mol. The molecule has 0 aliphatic carbocycles. The molecule has 0 bridgehead atoms. The Kier molecular flexibility index (Phi) is 21.4. The SMILES string of the molecule is Br.Br.NCCN=C(N)[Se]. The van der Waals surface area contributed by atoms with E-state index < -0.39 is 0 Å². The first-order valence-corrected chi connectivity index (χ1v) is 2.80. The zero-order chi connectivity index (χ0) is 5.70. The molecule has 0 rings (SSSR count). The Labute approximate surface area is 84.0 Å². The van der Waals surface area contributed by atoms with Gasteiger partial charge >= 0.3 is 50.3 Å². The molecule has 1 radical (unpaired) electrons. The van der Waals surface area contributed by atoms with Gasteiger partial charge in [-0.3, -0.25) is 0 Å². The summed E-state index contributed by atoms with van der Waals surface area (Å²) in [6, 6.07) is 0. The van der Waals surface area contributed by atoms with E-state index in [0.29, 0.717) is 17.8 Å². The molecule has 0 saturated heterocycles. The van der Waals surface area contributed by atoms with Crippen molar-refractivity contribution < 1.29 is 0 Å². The minimum absolute atomic E-state index is 0. The van der Waals surface area contributed by atoms with Crippen LogP contribution < -0.4 is 11.5 Å². The van der Waals surface area contributed by atoms with E-state index in [1.165, 1.54) is 0 Å². The van der Waals surface area contributed by atoms with Gasteiger partial charge in [-0.25, -0.2) is 0 Å². The molecule has 0 aliphatic heterocycles. The van der Waals surface area contributed by atoms with Crippen LogP contribution in [-0.2, 0) is 0 Å². The molecule has 0 aromatic heterocycles. The van der Waals surface area contributed by atoms with E-state index in [-0.39, 0.29) is 34.0 Å². The summed E-state index contributed by atoms with van der Waals surface area (Å²) in [6.07, 6.45) is 0. The number of rotatable bonds is 2. The Balaban J connectivity index is -0.000000180. The van der Waals surface area contributed by atoms with Gasteiger partial charge in [-0.05, 0) is 0 Å². The molecular weight excluding hydrogens is 317 g/mol. The summed E-state index contributed by atoms with van der Waals surface area (Å²) in [5.41, 5.74) is 10.2. The second kappa shape index (κ2) is 11.7. The van der Waals surface area contributed by atoms with Crippen molar-refractivity contribution >= 4 is 54.7 Å². The van der Waals surface area contributed by atoms with Crippen molar-refractivity contribution in [3.63, 3.8) is 0 Å². The molecule has 0 amide bonds. The van der Waals surface area contributed by atoms with Gasteiger partial charge in [-0.1, -0.05) is 0 Å². The Morgan fingerprint density at radius 2 is 1.89 bits per heavy atom. The average Bonchev–Trinajstić information content (AvgIpc) is 1.61. The quantitative estimate of drug-likeness (QED) is 0.411. The molecule has 0 unspecified atom stereocenters. The molecule has 0 heterocycles. The molecule has 57 valence electrons. The fourth-order valence-corrected chi connectivity index (χ4v) is 0.366. The first-order valence-electron chi connectivity index (χ1n) is 1.94. The molecule has 0 atom stereocenters. The number of nitrogens with two attached hydrogens (primary N) is 2. The molecule has 3 nitrogen and oxygen atoms in total. The number of nitrogens with zero attached hydrogens (tertiary/aromatic N) is 1. The maximum absolute atomic E-state index is 5.12. The van der Waals surface area contributed by atoms with Gasteiger partial charge in [-0.15, -0.1) is 34.0 Å². The summed E-state index contributed by atoms with van der Waals surface area (Å²) in [5.74, 6) is 0. The Bertz CT molecular complexity index is 73.5. The van der Waals surface area contributed by atoms with E-state index in [0.717, 1.165) is 0 Å². The number of hydrogen-bond donors (Lipinski definition) is 2. The van der Waals surface area contributed by atoms with Crippen molar-refractivity contribution in [3.8, 4) is 0 Å². The van der Waals surface area contributed by atoms with Crippen molar-refractivity contribution in [1.29, 1.82) is 0 Å². The van der Waals surface area contributed by atoms with Crippen LogP contribution in [0, 0.1) is 0 Å². The third-order valence-corrected chi connectivity index (χ3v) is 0.668. The molecule has 0 aliphatic rings. The standard InChI is InChI=1S/C3H8N3Se.2BrH/c4-1-2-6-3(5)7;;/h1-2,4H2,(H2,5,6);2*1H. The zero-order valence-corrected chi connectivity index (χ0v) is 9.88. The third kappa shape index (κ3) is 17.6. The van der Waals surface area contributed by atoms with Gasteiger partial charge in [0.1, 0.15) is 0 Å². The first-order chi connectivity index (χ1) is 3.27. The molecular formula is C3H10Br2N3Se. The summed E-state index contributed by atoms with van der Waals surface area (Å²) >= 11 is 2.55. The maximum atomic E-state index is 5.12. The van der Waals surface area contributed by atoms with E-state index in [2.05, 4.69) is 21.0 Å². The van der Waals surface area contributed by atoms with Crippen molar-refractivity contribution in [2.45, 2.75) is 0 Å². The molecule has 0 fully saturated rings. The van der Waals surface area contributed by atoms with Gasteiger partial charge in [-0.2, -0.15) is 0 Å². The second-order valence-electron chi connectivity index (χ2n) is 1.01. The summed E-state index contributed by atoms with van der Waals surface area (Å²) in [6.45, 7) is 1.17. The van der Waals surface area contributed by atoms with Crippen LogP contribution in [0.25, 0.3) is 0 Å². The average molecular weight is 327 g/mol. The summed E-state index contributed by atoms with van der Waals surface area (Å²) in [7, 11) is 0. The summed E-state index contributed by atoms with van der Waals surface area (Å²) in [5, 5.41) is 0. The van der Waals surface area contributed by atoms with Crippen LogP contribution >= 0.6 is 34.0 Å². The van der Waals surface area contributed by atoms with Crippen molar-refractivity contribution in [2.24, 2.45) is 16.5 Å². The molecule has 9 heavy (non-hydrogen) atoms. The minimum atomic E-state index is 0. The molecule has 0 aromatic rings. The molecule has 0 aromatic carbocycles. The van der Waals surface area contributed by atoms with E-state index in [1.54, 1.807) is 0 Å². The topological polar surface area (TPSA) is 64.4 Å². The van der Waals surface area contributed by atoms with Crippen LogP contribution in [0.15, 0.2) is 4.99 Å². The first kappa shape index (κ1) is 16.5. The monoisotopic (exact) mass is 326 g/mol. The van der Waals surface area contributed by atoms with Crippen molar-refractivity contribution in [3.05, 3.63) is 0 Å². The Morgan fingerprint density at radius 1 is 1.44 bits per heavy atom. The van der Waals surface area contributed by atoms with Gasteiger partial charge in [0.05, 0.1) is 0 Å². The van der Waals surface area contributed by atoms with E-state index in [1.807, 2.05) is 0 Å². The van der Waals surface area contributed by atoms with E-state index >= 15 is 0 Å². The normalized spacial score (nSPS) is 9.22. The number of aliphatic imine (C=N–C) groups is 1. The molecule has 0 saturated carbocycles. The van der Waals surface area contributed by atoms with Crippen LogP contribution in [-0.4, -0.2) is 33.8 Å². The summed E-state index contributed by atoms with van der Waals surface area (Å²) in [4.78, 5) is 3.76. The van der Waals surface area contributed by atoms with Crippen molar-refractivity contribution in [1.82, 2.24) is 0 Å². The third-order valence-electron chi connectivity index (χ3n) is 0.397. The summed E-state index contributed by atoms with van der Waals surface area (Å²) < 4.78 is 0.477. The van der Waals surface area contributed by atoms with Crippen LogP contribution in [0.3, 0.4) is 0 Å². The number of amidine groups is 1. The van der Waals surface area contributed by atoms with Crippen LogP contribution in [0.4, 0.5) is 0 Å². The fourth-order valence-electron chi connectivity index (χ4n) is 0.175. The molecule has 0 spiro atoms. The van der Waals surface area contributed by atoms with Gasteiger partial charge in [0.15, 0.2) is 0 Å². The number of halogens is 2. The zero-order valence-electron chi connectivity index (χ0n) is 4.74.